The van der Waals surface area contributed by atoms with Crippen molar-refractivity contribution in [2.24, 2.45) is 5.73 Å². The SMILES string of the molecule is CCc1cc(COCCCN)n(CC)n1. The first-order valence-electron chi connectivity index (χ1n) is 5.65. The van der Waals surface area contributed by atoms with Crippen molar-refractivity contribution >= 4 is 0 Å². The molecule has 0 aliphatic rings. The highest BCUT2D eigenvalue weighted by molar-refractivity contribution is 5.09. The van der Waals surface area contributed by atoms with Gasteiger partial charge >= 0.3 is 0 Å². The van der Waals surface area contributed by atoms with Crippen LogP contribution >= 0.6 is 0 Å². The van der Waals surface area contributed by atoms with Gasteiger partial charge < -0.3 is 10.5 Å². The lowest BCUT2D eigenvalue weighted by molar-refractivity contribution is 0.114. The minimum atomic E-state index is 0.640. The number of nitrogens with zero attached hydrogens (tertiary/aromatic N) is 2. The maximum atomic E-state index is 5.52. The van der Waals surface area contributed by atoms with Gasteiger partial charge in [-0.25, -0.2) is 0 Å². The summed E-state index contributed by atoms with van der Waals surface area (Å²) >= 11 is 0. The summed E-state index contributed by atoms with van der Waals surface area (Å²) in [4.78, 5) is 0. The van der Waals surface area contributed by atoms with Gasteiger partial charge in [0.2, 0.25) is 0 Å². The van der Waals surface area contributed by atoms with Crippen molar-refractivity contribution in [3.63, 3.8) is 0 Å². The van der Waals surface area contributed by atoms with E-state index >= 15 is 0 Å². The molecular formula is C11H21N3O. The van der Waals surface area contributed by atoms with E-state index in [1.54, 1.807) is 0 Å². The topological polar surface area (TPSA) is 53.1 Å². The van der Waals surface area contributed by atoms with Gasteiger partial charge in [-0.2, -0.15) is 5.10 Å². The molecule has 2 N–H and O–H groups in total. The fraction of sp³-hybridized carbons (Fsp3) is 0.727. The third-order valence-corrected chi connectivity index (χ3v) is 2.32. The average Bonchev–Trinajstić information content (AvgIpc) is 2.67. The third-order valence-electron chi connectivity index (χ3n) is 2.32. The van der Waals surface area contributed by atoms with E-state index in [-0.39, 0.29) is 0 Å². The molecule has 0 amide bonds. The van der Waals surface area contributed by atoms with Crippen LogP contribution in [-0.4, -0.2) is 22.9 Å². The number of hydrogen-bond donors (Lipinski definition) is 1. The summed E-state index contributed by atoms with van der Waals surface area (Å²) in [5.74, 6) is 0. The van der Waals surface area contributed by atoms with Crippen LogP contribution in [0.3, 0.4) is 0 Å². The van der Waals surface area contributed by atoms with Gasteiger partial charge in [-0.1, -0.05) is 6.92 Å². The zero-order valence-corrected chi connectivity index (χ0v) is 9.70. The molecule has 1 rings (SSSR count). The van der Waals surface area contributed by atoms with E-state index in [0.29, 0.717) is 13.2 Å². The molecule has 0 aromatic carbocycles. The highest BCUT2D eigenvalue weighted by atomic mass is 16.5. The first-order valence-corrected chi connectivity index (χ1v) is 5.65. The zero-order valence-electron chi connectivity index (χ0n) is 9.70. The second-order valence-corrected chi connectivity index (χ2v) is 3.49. The standard InChI is InChI=1S/C11H21N3O/c1-3-10-8-11(14(4-2)13-10)9-15-7-5-6-12/h8H,3-7,9,12H2,1-2H3. The quantitative estimate of drug-likeness (QED) is 0.692. The van der Waals surface area contributed by atoms with Gasteiger partial charge in [-0.3, -0.25) is 4.68 Å². The van der Waals surface area contributed by atoms with Crippen molar-refractivity contribution < 1.29 is 4.74 Å². The molecular weight excluding hydrogens is 190 g/mol. The van der Waals surface area contributed by atoms with Crippen LogP contribution in [-0.2, 0) is 24.3 Å². The number of nitrogens with two attached hydrogens (primary N) is 1. The van der Waals surface area contributed by atoms with E-state index in [2.05, 4.69) is 25.0 Å². The normalized spacial score (nSPS) is 10.9. The number of aryl methyl sites for hydroxylation is 2. The van der Waals surface area contributed by atoms with Crippen LogP contribution < -0.4 is 5.73 Å². The summed E-state index contributed by atoms with van der Waals surface area (Å²) in [5.41, 5.74) is 7.68. The molecule has 0 aliphatic heterocycles. The van der Waals surface area contributed by atoms with Crippen LogP contribution in [0.1, 0.15) is 31.7 Å². The van der Waals surface area contributed by atoms with Crippen LogP contribution in [0.15, 0.2) is 6.07 Å². The molecule has 0 radical (unpaired) electrons. The van der Waals surface area contributed by atoms with E-state index in [4.69, 9.17) is 10.5 Å². The van der Waals surface area contributed by atoms with E-state index in [9.17, 15) is 0 Å². The molecule has 4 nitrogen and oxygen atoms in total. The Morgan fingerprint density at radius 3 is 2.87 bits per heavy atom. The molecule has 4 heteroatoms. The van der Waals surface area contributed by atoms with Crippen molar-refractivity contribution in [1.29, 1.82) is 0 Å². The summed E-state index contributed by atoms with van der Waals surface area (Å²) in [6, 6.07) is 2.12. The first-order chi connectivity index (χ1) is 7.31. The minimum Gasteiger partial charge on any atom is -0.375 e. The molecule has 15 heavy (non-hydrogen) atoms. The Hall–Kier alpha value is -0.870. The first kappa shape index (κ1) is 12.2. The number of rotatable bonds is 7. The highest BCUT2D eigenvalue weighted by Crippen LogP contribution is 2.07. The molecule has 0 spiro atoms. The molecule has 0 saturated heterocycles. The maximum absolute atomic E-state index is 5.52. The summed E-state index contributed by atoms with van der Waals surface area (Å²) in [5, 5.41) is 4.46. The van der Waals surface area contributed by atoms with E-state index < -0.39 is 0 Å². The zero-order chi connectivity index (χ0) is 11.1. The van der Waals surface area contributed by atoms with Gasteiger partial charge in [0.05, 0.1) is 18.0 Å². The Morgan fingerprint density at radius 2 is 2.27 bits per heavy atom. The van der Waals surface area contributed by atoms with Gasteiger partial charge in [0, 0.05) is 13.2 Å². The van der Waals surface area contributed by atoms with Gasteiger partial charge in [0.25, 0.3) is 0 Å². The molecule has 0 atom stereocenters. The third kappa shape index (κ3) is 3.64. The lowest BCUT2D eigenvalue weighted by atomic mass is 10.3. The number of ether oxygens (including phenoxy) is 1. The molecule has 86 valence electrons. The molecule has 0 saturated carbocycles. The van der Waals surface area contributed by atoms with Crippen LogP contribution in [0, 0.1) is 0 Å². The summed E-state index contributed by atoms with van der Waals surface area (Å²) in [7, 11) is 0. The minimum absolute atomic E-state index is 0.640. The molecule has 0 unspecified atom stereocenters. The van der Waals surface area contributed by atoms with Gasteiger partial charge in [0.15, 0.2) is 0 Å². The number of aromatic nitrogens is 2. The van der Waals surface area contributed by atoms with Gasteiger partial charge in [-0.05, 0) is 32.4 Å². The largest absolute Gasteiger partial charge is 0.375 e. The monoisotopic (exact) mass is 211 g/mol. The molecule has 1 aromatic rings. The summed E-state index contributed by atoms with van der Waals surface area (Å²) in [6.07, 6.45) is 1.89. The summed E-state index contributed by atoms with van der Waals surface area (Å²) in [6.45, 7) is 7.16. The van der Waals surface area contributed by atoms with Crippen LogP contribution in [0.2, 0.25) is 0 Å². The van der Waals surface area contributed by atoms with Crippen molar-refractivity contribution in [2.45, 2.75) is 39.8 Å². The van der Waals surface area contributed by atoms with Gasteiger partial charge in [-0.15, -0.1) is 0 Å². The Morgan fingerprint density at radius 1 is 1.47 bits per heavy atom. The van der Waals surface area contributed by atoms with Crippen molar-refractivity contribution in [2.75, 3.05) is 13.2 Å². The van der Waals surface area contributed by atoms with Crippen molar-refractivity contribution in [3.8, 4) is 0 Å². The lowest BCUT2D eigenvalue weighted by Crippen LogP contribution is -2.07. The fourth-order valence-electron chi connectivity index (χ4n) is 1.44. The second-order valence-electron chi connectivity index (χ2n) is 3.49. The Balaban J connectivity index is 2.47. The van der Waals surface area contributed by atoms with E-state index in [1.165, 1.54) is 0 Å². The lowest BCUT2D eigenvalue weighted by Gasteiger charge is -2.05. The molecule has 0 bridgehead atoms. The van der Waals surface area contributed by atoms with Gasteiger partial charge in [0.1, 0.15) is 0 Å². The molecule has 1 aromatic heterocycles. The predicted molar refractivity (Wildman–Crippen MR) is 60.6 cm³/mol. The molecule has 1 heterocycles. The second kappa shape index (κ2) is 6.58. The van der Waals surface area contributed by atoms with Crippen LogP contribution in [0.4, 0.5) is 0 Å². The van der Waals surface area contributed by atoms with Crippen molar-refractivity contribution in [1.82, 2.24) is 9.78 Å². The smallest absolute Gasteiger partial charge is 0.0884 e. The maximum Gasteiger partial charge on any atom is 0.0884 e. The fourth-order valence-corrected chi connectivity index (χ4v) is 1.44. The Bertz CT molecular complexity index is 283. The number of hydrogen-bond acceptors (Lipinski definition) is 3. The Kier molecular flexibility index (Phi) is 5.36. The van der Waals surface area contributed by atoms with E-state index in [1.807, 2.05) is 4.68 Å². The van der Waals surface area contributed by atoms with Crippen molar-refractivity contribution in [3.05, 3.63) is 17.5 Å². The van der Waals surface area contributed by atoms with Crippen LogP contribution in [0.25, 0.3) is 0 Å². The highest BCUT2D eigenvalue weighted by Gasteiger charge is 2.04. The van der Waals surface area contributed by atoms with Crippen LogP contribution in [0.5, 0.6) is 0 Å². The summed E-state index contributed by atoms with van der Waals surface area (Å²) < 4.78 is 7.52. The molecule has 0 fully saturated rings. The Labute approximate surface area is 91.4 Å². The average molecular weight is 211 g/mol. The van der Waals surface area contributed by atoms with E-state index in [0.717, 1.165) is 37.4 Å². The predicted octanol–water partition coefficient (Wildman–Crippen LogP) is 1.33. The molecule has 0 aliphatic carbocycles.